The Hall–Kier alpha value is -0.980. The molecule has 0 aliphatic heterocycles. The van der Waals surface area contributed by atoms with E-state index in [2.05, 4.69) is 20.7 Å². The first-order chi connectivity index (χ1) is 6.79. The number of halogens is 4. The first-order valence-corrected chi connectivity index (χ1v) is 4.75. The predicted molar refractivity (Wildman–Crippen MR) is 48.3 cm³/mol. The smallest absolute Gasteiger partial charge is 0.478 e. The van der Waals surface area contributed by atoms with E-state index in [1.165, 1.54) is 6.08 Å². The summed E-state index contributed by atoms with van der Waals surface area (Å²) < 4.78 is 39.4. The molecule has 1 aliphatic carbocycles. The molecule has 1 aliphatic rings. The second-order valence-electron chi connectivity index (χ2n) is 2.77. The maximum absolute atomic E-state index is 11.9. The molecule has 84 valence electrons. The van der Waals surface area contributed by atoms with Gasteiger partial charge in [0.25, 0.3) is 0 Å². The SMILES string of the molecule is O=C(O)C1=C(OC(F)(F)F)CC(Br)C=C1. The molecule has 0 bridgehead atoms. The molecule has 0 aromatic carbocycles. The van der Waals surface area contributed by atoms with E-state index < -0.39 is 23.7 Å². The van der Waals surface area contributed by atoms with E-state index in [0.29, 0.717) is 0 Å². The van der Waals surface area contributed by atoms with E-state index >= 15 is 0 Å². The summed E-state index contributed by atoms with van der Waals surface area (Å²) in [5, 5.41) is 8.62. The average molecular weight is 287 g/mol. The lowest BCUT2D eigenvalue weighted by Crippen LogP contribution is -2.19. The maximum Gasteiger partial charge on any atom is 0.572 e. The van der Waals surface area contributed by atoms with Crippen molar-refractivity contribution in [3.8, 4) is 0 Å². The number of ether oxygens (including phenoxy) is 1. The fraction of sp³-hybridized carbons (Fsp3) is 0.375. The van der Waals surface area contributed by atoms with Crippen molar-refractivity contribution in [3.05, 3.63) is 23.5 Å². The van der Waals surface area contributed by atoms with Crippen LogP contribution < -0.4 is 0 Å². The molecule has 0 heterocycles. The third-order valence-corrected chi connectivity index (χ3v) is 2.25. The van der Waals surface area contributed by atoms with Crippen LogP contribution in [0.25, 0.3) is 0 Å². The van der Waals surface area contributed by atoms with Crippen molar-refractivity contribution in [1.29, 1.82) is 0 Å². The third kappa shape index (κ3) is 3.58. The Bertz CT molecular complexity index is 333. The van der Waals surface area contributed by atoms with Gasteiger partial charge in [-0.1, -0.05) is 22.0 Å². The van der Waals surface area contributed by atoms with Crippen molar-refractivity contribution in [2.24, 2.45) is 0 Å². The van der Waals surface area contributed by atoms with Crippen LogP contribution in [0, 0.1) is 0 Å². The number of allylic oxidation sites excluding steroid dienone is 2. The van der Waals surface area contributed by atoms with E-state index in [0.717, 1.165) is 6.08 Å². The van der Waals surface area contributed by atoms with Crippen LogP contribution >= 0.6 is 15.9 Å². The minimum Gasteiger partial charge on any atom is -0.478 e. The summed E-state index contributed by atoms with van der Waals surface area (Å²) in [4.78, 5) is 10.2. The van der Waals surface area contributed by atoms with Gasteiger partial charge in [0, 0.05) is 11.2 Å². The van der Waals surface area contributed by atoms with Crippen LogP contribution in [0.15, 0.2) is 23.5 Å². The van der Waals surface area contributed by atoms with Gasteiger partial charge in [-0.05, 0) is 6.08 Å². The monoisotopic (exact) mass is 286 g/mol. The second-order valence-corrected chi connectivity index (χ2v) is 3.95. The Morgan fingerprint density at radius 1 is 1.60 bits per heavy atom. The Labute approximate surface area is 91.3 Å². The molecule has 7 heteroatoms. The van der Waals surface area contributed by atoms with Crippen molar-refractivity contribution >= 4 is 21.9 Å². The molecule has 0 radical (unpaired) electrons. The normalized spacial score (nSPS) is 21.7. The molecule has 15 heavy (non-hydrogen) atoms. The number of carboxylic acid groups (broad SMARTS) is 1. The molecule has 1 atom stereocenters. The van der Waals surface area contributed by atoms with E-state index in [1.54, 1.807) is 0 Å². The van der Waals surface area contributed by atoms with Gasteiger partial charge in [-0.25, -0.2) is 4.79 Å². The van der Waals surface area contributed by atoms with Crippen molar-refractivity contribution in [2.45, 2.75) is 17.6 Å². The highest BCUT2D eigenvalue weighted by Crippen LogP contribution is 2.30. The lowest BCUT2D eigenvalue weighted by Gasteiger charge is -2.18. The number of alkyl halides is 4. The van der Waals surface area contributed by atoms with Crippen molar-refractivity contribution < 1.29 is 27.8 Å². The molecule has 0 amide bonds. The highest BCUT2D eigenvalue weighted by molar-refractivity contribution is 9.09. The molecular formula is C8H6BrF3O3. The van der Waals surface area contributed by atoms with Gasteiger partial charge in [-0.2, -0.15) is 0 Å². The van der Waals surface area contributed by atoms with Crippen LogP contribution in [0.5, 0.6) is 0 Å². The van der Waals surface area contributed by atoms with Crippen molar-refractivity contribution in [1.82, 2.24) is 0 Å². The minimum absolute atomic E-state index is 0.141. The fourth-order valence-corrected chi connectivity index (χ4v) is 1.52. The molecule has 0 fully saturated rings. The van der Waals surface area contributed by atoms with Gasteiger partial charge >= 0.3 is 12.3 Å². The Kier molecular flexibility index (Phi) is 3.43. The maximum atomic E-state index is 11.9. The van der Waals surface area contributed by atoms with Gasteiger partial charge < -0.3 is 9.84 Å². The number of aliphatic carboxylic acids is 1. The van der Waals surface area contributed by atoms with Gasteiger partial charge in [0.15, 0.2) is 0 Å². The molecule has 0 saturated heterocycles. The molecule has 0 spiro atoms. The van der Waals surface area contributed by atoms with E-state index in [9.17, 15) is 18.0 Å². The number of carboxylic acids is 1. The molecular weight excluding hydrogens is 281 g/mol. The average Bonchev–Trinajstić information content (AvgIpc) is 1.99. The minimum atomic E-state index is -4.87. The summed E-state index contributed by atoms with van der Waals surface area (Å²) in [6, 6.07) is 0. The summed E-state index contributed by atoms with van der Waals surface area (Å²) in [7, 11) is 0. The van der Waals surface area contributed by atoms with E-state index in [4.69, 9.17) is 5.11 Å². The van der Waals surface area contributed by atoms with Crippen LogP contribution in [0.3, 0.4) is 0 Å². The Morgan fingerprint density at radius 2 is 2.20 bits per heavy atom. The zero-order valence-corrected chi connectivity index (χ0v) is 8.80. The van der Waals surface area contributed by atoms with Crippen LogP contribution in [0.2, 0.25) is 0 Å². The Balaban J connectivity index is 2.96. The van der Waals surface area contributed by atoms with Crippen LogP contribution in [0.4, 0.5) is 13.2 Å². The quantitative estimate of drug-likeness (QED) is 0.794. The summed E-state index contributed by atoms with van der Waals surface area (Å²) in [6.45, 7) is 0. The number of hydrogen-bond donors (Lipinski definition) is 1. The van der Waals surface area contributed by atoms with E-state index in [-0.39, 0.29) is 11.2 Å². The first-order valence-electron chi connectivity index (χ1n) is 3.84. The summed E-state index contributed by atoms with van der Waals surface area (Å²) >= 11 is 3.05. The zero-order valence-electron chi connectivity index (χ0n) is 7.21. The predicted octanol–water partition coefficient (Wildman–Crippen LogP) is 2.58. The summed E-state index contributed by atoms with van der Waals surface area (Å²) in [6.07, 6.45) is -2.47. The van der Waals surface area contributed by atoms with Gasteiger partial charge in [0.05, 0.1) is 5.57 Å². The third-order valence-electron chi connectivity index (χ3n) is 1.62. The van der Waals surface area contributed by atoms with Gasteiger partial charge in [0.2, 0.25) is 0 Å². The van der Waals surface area contributed by atoms with Crippen molar-refractivity contribution in [2.75, 3.05) is 0 Å². The largest absolute Gasteiger partial charge is 0.572 e. The topological polar surface area (TPSA) is 46.5 Å². The second kappa shape index (κ2) is 4.26. The van der Waals surface area contributed by atoms with Crippen LogP contribution in [-0.2, 0) is 9.53 Å². The van der Waals surface area contributed by atoms with Crippen LogP contribution in [0.1, 0.15) is 6.42 Å². The number of rotatable bonds is 2. The van der Waals surface area contributed by atoms with Gasteiger partial charge in [-0.3, -0.25) is 0 Å². The molecule has 3 nitrogen and oxygen atoms in total. The molecule has 0 saturated carbocycles. The molecule has 1 unspecified atom stereocenters. The van der Waals surface area contributed by atoms with Crippen LogP contribution in [-0.4, -0.2) is 22.3 Å². The standard InChI is InChI=1S/C8H6BrF3O3/c9-4-1-2-5(7(13)14)6(3-4)15-8(10,11)12/h1-2,4H,3H2,(H,13,14). The number of carbonyl (C=O) groups is 1. The molecule has 1 N–H and O–H groups in total. The number of hydrogen-bond acceptors (Lipinski definition) is 2. The Morgan fingerprint density at radius 3 is 2.67 bits per heavy atom. The van der Waals surface area contributed by atoms with Gasteiger partial charge in [-0.15, -0.1) is 13.2 Å². The fourth-order valence-electron chi connectivity index (χ4n) is 1.08. The zero-order chi connectivity index (χ0) is 11.6. The molecule has 1 rings (SSSR count). The molecule has 0 aromatic heterocycles. The van der Waals surface area contributed by atoms with E-state index in [1.807, 2.05) is 0 Å². The summed E-state index contributed by atoms with van der Waals surface area (Å²) in [5.74, 6) is -2.02. The van der Waals surface area contributed by atoms with Crippen molar-refractivity contribution in [3.63, 3.8) is 0 Å². The highest BCUT2D eigenvalue weighted by atomic mass is 79.9. The molecule has 0 aromatic rings. The first kappa shape index (κ1) is 12.1. The van der Waals surface area contributed by atoms with Gasteiger partial charge in [0.1, 0.15) is 5.76 Å². The highest BCUT2D eigenvalue weighted by Gasteiger charge is 2.35. The lowest BCUT2D eigenvalue weighted by atomic mass is 10.1. The summed E-state index contributed by atoms with van der Waals surface area (Å²) in [5.41, 5.74) is -0.469. The lowest BCUT2D eigenvalue weighted by molar-refractivity contribution is -0.306.